The van der Waals surface area contributed by atoms with Gasteiger partial charge in [0.25, 0.3) is 10.0 Å². The molecule has 0 aliphatic carbocycles. The molecule has 7 nitrogen and oxygen atoms in total. The Morgan fingerprint density at radius 1 is 1.09 bits per heavy atom. The second-order valence-corrected chi connectivity index (χ2v) is 17.4. The van der Waals surface area contributed by atoms with Gasteiger partial charge < -0.3 is 14.4 Å². The number of anilines is 1. The van der Waals surface area contributed by atoms with Gasteiger partial charge in [0.15, 0.2) is 0 Å². The minimum atomic E-state index is -4.06. The zero-order valence-corrected chi connectivity index (χ0v) is 23.3. The third-order valence-electron chi connectivity index (χ3n) is 6.04. The number of rotatable bonds is 11. The van der Waals surface area contributed by atoms with Crippen molar-refractivity contribution < 1.29 is 22.8 Å². The molecule has 0 aliphatic rings. The van der Waals surface area contributed by atoms with Crippen LogP contribution in [-0.4, -0.2) is 40.1 Å². The van der Waals surface area contributed by atoms with Gasteiger partial charge in [0.05, 0.1) is 17.2 Å². The summed E-state index contributed by atoms with van der Waals surface area (Å²) in [7, 11) is -5.41. The van der Waals surface area contributed by atoms with Gasteiger partial charge in [0, 0.05) is 25.8 Å². The number of hydrogen-bond donors (Lipinski definition) is 1. The average molecular weight is 517 g/mol. The van der Waals surface area contributed by atoms with Crippen molar-refractivity contribution in [3.8, 4) is 11.1 Å². The number of benzene rings is 2. The molecule has 0 fully saturated rings. The van der Waals surface area contributed by atoms with E-state index in [1.54, 1.807) is 26.0 Å². The summed E-state index contributed by atoms with van der Waals surface area (Å²) in [6.45, 7) is 12.6. The molecule has 35 heavy (non-hydrogen) atoms. The highest BCUT2D eigenvalue weighted by Gasteiger charge is 2.32. The van der Waals surface area contributed by atoms with Gasteiger partial charge in [-0.2, -0.15) is 0 Å². The molecule has 0 unspecified atom stereocenters. The van der Waals surface area contributed by atoms with Crippen molar-refractivity contribution in [1.82, 2.24) is 5.16 Å². The highest BCUT2D eigenvalue weighted by molar-refractivity contribution is 7.93. The molecule has 0 spiro atoms. The van der Waals surface area contributed by atoms with E-state index < -0.39 is 18.1 Å². The molecule has 3 aromatic rings. The number of hydrogen-bond acceptors (Lipinski definition) is 6. The van der Waals surface area contributed by atoms with Crippen LogP contribution in [0.2, 0.25) is 25.7 Å². The Morgan fingerprint density at radius 3 is 2.40 bits per heavy atom. The summed E-state index contributed by atoms with van der Waals surface area (Å²) in [6, 6.07) is 13.5. The van der Waals surface area contributed by atoms with Crippen molar-refractivity contribution in [2.75, 3.05) is 17.6 Å². The summed E-state index contributed by atoms with van der Waals surface area (Å²) in [6.07, 6.45) is 0.696. The zero-order chi connectivity index (χ0) is 25.8. The fourth-order valence-corrected chi connectivity index (χ4v) is 6.03. The van der Waals surface area contributed by atoms with Gasteiger partial charge in [-0.25, -0.2) is 12.7 Å². The van der Waals surface area contributed by atoms with E-state index in [4.69, 9.17) is 9.26 Å². The van der Waals surface area contributed by atoms with Gasteiger partial charge in [-0.15, -0.1) is 0 Å². The smallest absolute Gasteiger partial charge is 0.269 e. The van der Waals surface area contributed by atoms with E-state index in [-0.39, 0.29) is 24.1 Å². The van der Waals surface area contributed by atoms with Gasteiger partial charge in [-0.1, -0.05) is 68.1 Å². The largest absolute Gasteiger partial charge is 0.392 e. The number of nitrogens with zero attached hydrogens (tertiary/aromatic N) is 2. The first kappa shape index (κ1) is 27.1. The normalized spacial score (nSPS) is 12.2. The monoisotopic (exact) mass is 516 g/mol. The Balaban J connectivity index is 2.08. The van der Waals surface area contributed by atoms with Crippen molar-refractivity contribution in [2.24, 2.45) is 0 Å². The fraction of sp³-hybridized carbons (Fsp3) is 0.423. The number of aromatic nitrogens is 1. The van der Waals surface area contributed by atoms with Crippen molar-refractivity contribution in [3.05, 3.63) is 64.8 Å². The Kier molecular flexibility index (Phi) is 8.58. The zero-order valence-electron chi connectivity index (χ0n) is 21.5. The molecule has 190 valence electrons. The molecule has 9 heteroatoms. The number of ether oxygens (including phenoxy) is 1. The molecular weight excluding hydrogens is 480 g/mol. The van der Waals surface area contributed by atoms with Crippen LogP contribution in [-0.2, 0) is 27.8 Å². The standard InChI is InChI=1S/C26H36N2O5SSi/c1-7-22-16-21(17-29)12-13-23(22)24-10-8-9-11-25(24)34(30,31)28(18-32-14-15-35(4,5)6)26-19(2)20(3)27-33-26/h8-13,16,29H,7,14-15,17-18H2,1-6H3. The molecule has 0 bridgehead atoms. The third kappa shape index (κ3) is 6.21. The maximum absolute atomic E-state index is 14.1. The fourth-order valence-electron chi connectivity index (χ4n) is 3.73. The summed E-state index contributed by atoms with van der Waals surface area (Å²) in [4.78, 5) is 0.161. The highest BCUT2D eigenvalue weighted by Crippen LogP contribution is 2.35. The lowest BCUT2D eigenvalue weighted by Crippen LogP contribution is -2.34. The quantitative estimate of drug-likeness (QED) is 0.205. The maximum atomic E-state index is 14.1. The first-order valence-corrected chi connectivity index (χ1v) is 17.0. The van der Waals surface area contributed by atoms with Crippen LogP contribution in [0.25, 0.3) is 11.1 Å². The molecule has 1 heterocycles. The van der Waals surface area contributed by atoms with E-state index in [1.165, 1.54) is 4.31 Å². The maximum Gasteiger partial charge on any atom is 0.269 e. The van der Waals surface area contributed by atoms with Crippen LogP contribution in [0.3, 0.4) is 0 Å². The van der Waals surface area contributed by atoms with Crippen LogP contribution >= 0.6 is 0 Å². The lowest BCUT2D eigenvalue weighted by Gasteiger charge is -2.24. The summed E-state index contributed by atoms with van der Waals surface area (Å²) in [5, 5.41) is 13.5. The van der Waals surface area contributed by atoms with Gasteiger partial charge in [0.1, 0.15) is 6.73 Å². The van der Waals surface area contributed by atoms with Crippen molar-refractivity contribution in [2.45, 2.75) is 64.4 Å². The highest BCUT2D eigenvalue weighted by atomic mass is 32.2. The summed E-state index contributed by atoms with van der Waals surface area (Å²) in [5.74, 6) is 0.164. The molecule has 0 atom stereocenters. The Morgan fingerprint density at radius 2 is 1.80 bits per heavy atom. The van der Waals surface area contributed by atoms with E-state index in [1.807, 2.05) is 37.3 Å². The average Bonchev–Trinajstić information content (AvgIpc) is 3.15. The predicted molar refractivity (Wildman–Crippen MR) is 142 cm³/mol. The lowest BCUT2D eigenvalue weighted by atomic mass is 9.96. The van der Waals surface area contributed by atoms with Crippen molar-refractivity contribution in [3.63, 3.8) is 0 Å². The van der Waals surface area contributed by atoms with E-state index in [0.29, 0.717) is 29.8 Å². The van der Waals surface area contributed by atoms with E-state index >= 15 is 0 Å². The van der Waals surface area contributed by atoms with Crippen LogP contribution in [0.15, 0.2) is 51.9 Å². The molecule has 0 radical (unpaired) electrons. The summed E-state index contributed by atoms with van der Waals surface area (Å²) >= 11 is 0. The molecule has 2 aromatic carbocycles. The van der Waals surface area contributed by atoms with Crippen molar-refractivity contribution in [1.29, 1.82) is 0 Å². The molecule has 1 aromatic heterocycles. The second kappa shape index (κ2) is 11.1. The molecule has 3 rings (SSSR count). The summed E-state index contributed by atoms with van der Waals surface area (Å²) in [5.41, 5.74) is 4.44. The van der Waals surface area contributed by atoms with Crippen LogP contribution in [0.4, 0.5) is 5.88 Å². The first-order valence-electron chi connectivity index (χ1n) is 11.8. The molecular formula is C26H36N2O5SSi. The number of sulfonamides is 1. The Bertz CT molecular complexity index is 1260. The Labute approximate surface area is 209 Å². The van der Waals surface area contributed by atoms with Gasteiger partial charge in [0.2, 0.25) is 5.88 Å². The topological polar surface area (TPSA) is 92.9 Å². The van der Waals surface area contributed by atoms with Crippen LogP contribution in [0.1, 0.15) is 29.3 Å². The van der Waals surface area contributed by atoms with Gasteiger partial charge in [-0.05, 0) is 49.1 Å². The van der Waals surface area contributed by atoms with Gasteiger partial charge >= 0.3 is 0 Å². The van der Waals surface area contributed by atoms with Crippen LogP contribution < -0.4 is 4.31 Å². The molecule has 0 saturated heterocycles. The molecule has 0 aliphatic heterocycles. The van der Waals surface area contributed by atoms with E-state index in [9.17, 15) is 13.5 Å². The molecule has 1 N–H and O–H groups in total. The summed E-state index contributed by atoms with van der Waals surface area (Å²) < 4.78 is 40.8. The number of aliphatic hydroxyl groups is 1. The van der Waals surface area contributed by atoms with E-state index in [2.05, 4.69) is 24.8 Å². The minimum absolute atomic E-state index is 0.0696. The first-order chi connectivity index (χ1) is 16.5. The lowest BCUT2D eigenvalue weighted by molar-refractivity contribution is 0.153. The Hall–Kier alpha value is -2.46. The van der Waals surface area contributed by atoms with Crippen LogP contribution in [0.5, 0.6) is 0 Å². The third-order valence-corrected chi connectivity index (χ3v) is 9.51. The minimum Gasteiger partial charge on any atom is -0.392 e. The second-order valence-electron chi connectivity index (χ2n) is 9.90. The molecule has 0 saturated carbocycles. The number of aryl methyl sites for hydroxylation is 2. The molecule has 0 amide bonds. The van der Waals surface area contributed by atoms with E-state index in [0.717, 1.165) is 22.7 Å². The van der Waals surface area contributed by atoms with Crippen LogP contribution in [0, 0.1) is 13.8 Å². The van der Waals surface area contributed by atoms with Gasteiger partial charge in [-0.3, -0.25) is 0 Å². The van der Waals surface area contributed by atoms with Crippen molar-refractivity contribution >= 4 is 24.0 Å². The predicted octanol–water partition coefficient (Wildman–Crippen LogP) is 5.52. The number of aliphatic hydroxyl groups excluding tert-OH is 1. The SMILES string of the molecule is CCc1cc(CO)ccc1-c1ccccc1S(=O)(=O)N(COCC[Si](C)(C)C)c1onc(C)c1C.